The zero-order valence-electron chi connectivity index (χ0n) is 20.2. The van der Waals surface area contributed by atoms with E-state index in [1.165, 1.54) is 0 Å². The molecule has 0 atom stereocenters. The molecule has 32 heavy (non-hydrogen) atoms. The molecule has 6 nitrogen and oxygen atoms in total. The quantitative estimate of drug-likeness (QED) is 0.335. The van der Waals surface area contributed by atoms with Crippen LogP contribution in [0.4, 0.5) is 11.4 Å². The molecule has 0 saturated heterocycles. The molecule has 0 fully saturated rings. The van der Waals surface area contributed by atoms with Crippen molar-refractivity contribution in [3.05, 3.63) is 54.1 Å². The van der Waals surface area contributed by atoms with Gasteiger partial charge in [0.1, 0.15) is 19.0 Å². The maximum absolute atomic E-state index is 12.9. The monoisotopic (exact) mass is 440 g/mol. The van der Waals surface area contributed by atoms with Crippen molar-refractivity contribution in [2.45, 2.75) is 48.5 Å². The van der Waals surface area contributed by atoms with E-state index in [2.05, 4.69) is 46.9 Å². The van der Waals surface area contributed by atoms with Crippen LogP contribution >= 0.6 is 0 Å². The fraction of sp³-hybridized carbons (Fsp3) is 0.462. The lowest BCUT2D eigenvalue weighted by Crippen LogP contribution is -2.51. The minimum absolute atomic E-state index is 0.153. The predicted octanol–water partition coefficient (Wildman–Crippen LogP) is 5.54. The number of hydrogen-bond donors (Lipinski definition) is 2. The van der Waals surface area contributed by atoms with Crippen LogP contribution in [0.25, 0.3) is 0 Å². The molecule has 2 aromatic carbocycles. The number of anilines is 2. The second-order valence-electron chi connectivity index (χ2n) is 10.2. The highest BCUT2D eigenvalue weighted by atomic mass is 16.6. The number of benzene rings is 2. The van der Waals surface area contributed by atoms with E-state index in [9.17, 15) is 9.59 Å². The molecule has 3 N–H and O–H groups in total. The summed E-state index contributed by atoms with van der Waals surface area (Å²) < 4.78 is 11.3. The summed E-state index contributed by atoms with van der Waals surface area (Å²) in [5.41, 5.74) is 6.30. The van der Waals surface area contributed by atoms with Gasteiger partial charge in [0.2, 0.25) is 0 Å². The fourth-order valence-electron chi connectivity index (χ4n) is 3.65. The summed E-state index contributed by atoms with van der Waals surface area (Å²) in [6, 6.07) is 13.7. The minimum Gasteiger partial charge on any atom is -0.490 e. The summed E-state index contributed by atoms with van der Waals surface area (Å²) in [4.78, 5) is 25.3. The number of nitrogens with one attached hydrogen (secondary N) is 1. The number of ether oxygens (including phenoxy) is 2. The summed E-state index contributed by atoms with van der Waals surface area (Å²) in [5.74, 6) is 0.147. The minimum atomic E-state index is -0.653. The molecule has 174 valence electrons. The summed E-state index contributed by atoms with van der Waals surface area (Å²) in [6.07, 6.45) is 0. The Kier molecular flexibility index (Phi) is 7.60. The van der Waals surface area contributed by atoms with Gasteiger partial charge in [0.05, 0.1) is 5.41 Å². The zero-order chi connectivity index (χ0) is 24.2. The molecule has 2 rings (SSSR count). The number of carbonyl (C=O) groups excluding carboxylic acids is 2. The van der Waals surface area contributed by atoms with Crippen LogP contribution in [0.5, 0.6) is 5.75 Å². The molecule has 0 aliphatic heterocycles. The van der Waals surface area contributed by atoms with Gasteiger partial charge in [-0.05, 0) is 66.3 Å². The van der Waals surface area contributed by atoms with Crippen molar-refractivity contribution < 1.29 is 19.1 Å². The Morgan fingerprint density at radius 2 is 1.34 bits per heavy atom. The Balaban J connectivity index is 1.88. The summed E-state index contributed by atoms with van der Waals surface area (Å²) in [6.45, 7) is 14.7. The van der Waals surface area contributed by atoms with Crippen molar-refractivity contribution in [1.29, 1.82) is 0 Å². The van der Waals surface area contributed by atoms with Crippen molar-refractivity contribution in [3.63, 3.8) is 0 Å². The van der Waals surface area contributed by atoms with E-state index in [-0.39, 0.29) is 35.9 Å². The largest absolute Gasteiger partial charge is 0.490 e. The number of hydrogen-bond acceptors (Lipinski definition) is 5. The van der Waals surface area contributed by atoms with E-state index >= 15 is 0 Å². The number of carbonyl (C=O) groups is 2. The van der Waals surface area contributed by atoms with Gasteiger partial charge in [-0.2, -0.15) is 0 Å². The summed E-state index contributed by atoms with van der Waals surface area (Å²) in [7, 11) is 0. The molecule has 0 aromatic heterocycles. The van der Waals surface area contributed by atoms with Crippen LogP contribution in [0.3, 0.4) is 0 Å². The number of amides is 1. The first-order valence-corrected chi connectivity index (χ1v) is 10.8. The van der Waals surface area contributed by atoms with Crippen LogP contribution in [-0.4, -0.2) is 25.1 Å². The molecule has 0 saturated carbocycles. The van der Waals surface area contributed by atoms with Gasteiger partial charge >= 0.3 is 5.97 Å². The number of nitrogen functional groups attached to an aromatic ring is 1. The van der Waals surface area contributed by atoms with Gasteiger partial charge in [0.25, 0.3) is 5.91 Å². The SMILES string of the molecule is CC(C)(C)C(C)(C(=O)OCCOc1ccc(C(=O)Nc2ccc(N)cc2)cc1)C(C)(C)C. The molecule has 1 amide bonds. The first kappa shape index (κ1) is 25.2. The smallest absolute Gasteiger partial charge is 0.312 e. The molecule has 0 aliphatic rings. The lowest BCUT2D eigenvalue weighted by atomic mass is 9.55. The Morgan fingerprint density at radius 3 is 1.84 bits per heavy atom. The second-order valence-corrected chi connectivity index (χ2v) is 10.2. The maximum Gasteiger partial charge on any atom is 0.312 e. The van der Waals surface area contributed by atoms with Crippen LogP contribution in [0.2, 0.25) is 0 Å². The predicted molar refractivity (Wildman–Crippen MR) is 129 cm³/mol. The normalized spacial score (nSPS) is 12.2. The third-order valence-corrected chi connectivity index (χ3v) is 6.28. The third-order valence-electron chi connectivity index (χ3n) is 6.28. The molecule has 0 aliphatic carbocycles. The lowest BCUT2D eigenvalue weighted by Gasteiger charge is -2.48. The Labute approximate surface area is 191 Å². The zero-order valence-corrected chi connectivity index (χ0v) is 20.2. The summed E-state index contributed by atoms with van der Waals surface area (Å²) in [5, 5.41) is 2.82. The van der Waals surface area contributed by atoms with E-state index in [0.717, 1.165) is 0 Å². The Morgan fingerprint density at radius 1 is 0.812 bits per heavy atom. The Hall–Kier alpha value is -3.02. The van der Waals surface area contributed by atoms with E-state index in [1.54, 1.807) is 48.5 Å². The first-order valence-electron chi connectivity index (χ1n) is 10.8. The molecule has 0 heterocycles. The lowest BCUT2D eigenvalue weighted by molar-refractivity contribution is -0.173. The average molecular weight is 441 g/mol. The van der Waals surface area contributed by atoms with Gasteiger partial charge in [-0.1, -0.05) is 41.5 Å². The number of rotatable bonds is 7. The van der Waals surface area contributed by atoms with Crippen LogP contribution < -0.4 is 15.8 Å². The van der Waals surface area contributed by atoms with Gasteiger partial charge < -0.3 is 20.5 Å². The highest BCUT2D eigenvalue weighted by Gasteiger charge is 2.53. The average Bonchev–Trinajstić information content (AvgIpc) is 2.70. The van der Waals surface area contributed by atoms with E-state index in [1.807, 2.05) is 6.92 Å². The molecular formula is C26H36N2O4. The molecule has 0 spiro atoms. The standard InChI is InChI=1S/C26H36N2O4/c1-24(2,3)26(7,25(4,5)6)23(30)32-17-16-31-21-14-8-18(9-15-21)22(29)28-20-12-10-19(27)11-13-20/h8-15H,16-17,27H2,1-7H3,(H,28,29). The van der Waals surface area contributed by atoms with Crippen molar-refractivity contribution in [3.8, 4) is 5.75 Å². The molecule has 6 heteroatoms. The molecule has 0 bridgehead atoms. The molecule has 0 unspecified atom stereocenters. The summed E-state index contributed by atoms with van der Waals surface area (Å²) >= 11 is 0. The molecule has 2 aromatic rings. The van der Waals surface area contributed by atoms with Gasteiger partial charge in [0, 0.05) is 16.9 Å². The van der Waals surface area contributed by atoms with Crippen LogP contribution in [0, 0.1) is 16.2 Å². The van der Waals surface area contributed by atoms with E-state index < -0.39 is 5.41 Å². The highest BCUT2D eigenvalue weighted by Crippen LogP contribution is 2.52. The second kappa shape index (κ2) is 9.63. The van der Waals surface area contributed by atoms with Crippen LogP contribution in [0.1, 0.15) is 58.8 Å². The van der Waals surface area contributed by atoms with Crippen molar-refractivity contribution >= 4 is 23.3 Å². The van der Waals surface area contributed by atoms with Gasteiger partial charge in [-0.25, -0.2) is 0 Å². The first-order chi connectivity index (χ1) is 14.8. The van der Waals surface area contributed by atoms with Gasteiger partial charge in [0.15, 0.2) is 0 Å². The fourth-order valence-corrected chi connectivity index (χ4v) is 3.65. The topological polar surface area (TPSA) is 90.6 Å². The van der Waals surface area contributed by atoms with E-state index in [0.29, 0.717) is 22.7 Å². The number of esters is 1. The van der Waals surface area contributed by atoms with E-state index in [4.69, 9.17) is 15.2 Å². The van der Waals surface area contributed by atoms with Gasteiger partial charge in [-0.3, -0.25) is 9.59 Å². The van der Waals surface area contributed by atoms with Crippen LogP contribution in [0.15, 0.2) is 48.5 Å². The van der Waals surface area contributed by atoms with Crippen molar-refractivity contribution in [2.24, 2.45) is 16.2 Å². The van der Waals surface area contributed by atoms with Gasteiger partial charge in [-0.15, -0.1) is 0 Å². The van der Waals surface area contributed by atoms with Crippen molar-refractivity contribution in [1.82, 2.24) is 0 Å². The number of nitrogens with two attached hydrogens (primary N) is 1. The third kappa shape index (κ3) is 5.81. The highest BCUT2D eigenvalue weighted by molar-refractivity contribution is 6.04. The molecule has 0 radical (unpaired) electrons. The molecular weight excluding hydrogens is 404 g/mol. The maximum atomic E-state index is 12.9. The van der Waals surface area contributed by atoms with Crippen LogP contribution in [-0.2, 0) is 9.53 Å². The Bertz CT molecular complexity index is 906. The van der Waals surface area contributed by atoms with Crippen molar-refractivity contribution in [2.75, 3.05) is 24.3 Å².